The zero-order chi connectivity index (χ0) is 15.9. The van der Waals surface area contributed by atoms with Gasteiger partial charge in [-0.25, -0.2) is 0 Å². The SMILES string of the molecule is CC(C)c1ccccc1NC(=O)C[NH+](C)Cc1ccccc1. The number of para-hydroxylation sites is 1. The van der Waals surface area contributed by atoms with Gasteiger partial charge < -0.3 is 10.2 Å². The zero-order valence-electron chi connectivity index (χ0n) is 13.6. The Kier molecular flexibility index (Phi) is 5.73. The molecule has 0 saturated carbocycles. The lowest BCUT2D eigenvalue weighted by molar-refractivity contribution is -0.885. The van der Waals surface area contributed by atoms with E-state index in [1.807, 2.05) is 43.4 Å². The van der Waals surface area contributed by atoms with Gasteiger partial charge >= 0.3 is 0 Å². The third kappa shape index (κ3) is 4.71. The Morgan fingerprint density at radius 3 is 2.36 bits per heavy atom. The molecule has 0 aliphatic heterocycles. The van der Waals surface area contributed by atoms with Crippen LogP contribution in [0, 0.1) is 0 Å². The van der Waals surface area contributed by atoms with Crippen LogP contribution in [0.3, 0.4) is 0 Å². The molecule has 1 amide bonds. The van der Waals surface area contributed by atoms with Crippen LogP contribution in [0.25, 0.3) is 0 Å². The third-order valence-corrected chi connectivity index (χ3v) is 3.67. The van der Waals surface area contributed by atoms with Crippen molar-refractivity contribution in [1.82, 2.24) is 0 Å². The van der Waals surface area contributed by atoms with E-state index in [0.717, 1.165) is 12.2 Å². The van der Waals surface area contributed by atoms with Gasteiger partial charge in [0.05, 0.1) is 7.05 Å². The van der Waals surface area contributed by atoms with E-state index in [1.54, 1.807) is 0 Å². The molecule has 0 spiro atoms. The second-order valence-electron chi connectivity index (χ2n) is 6.09. The first kappa shape index (κ1) is 16.2. The van der Waals surface area contributed by atoms with Crippen LogP contribution < -0.4 is 10.2 Å². The van der Waals surface area contributed by atoms with Crippen molar-refractivity contribution in [2.45, 2.75) is 26.3 Å². The van der Waals surface area contributed by atoms with Crippen molar-refractivity contribution in [3.05, 3.63) is 65.7 Å². The van der Waals surface area contributed by atoms with E-state index in [2.05, 4.69) is 37.4 Å². The summed E-state index contributed by atoms with van der Waals surface area (Å²) in [6.07, 6.45) is 0. The average molecular weight is 297 g/mol. The molecule has 0 heterocycles. The molecule has 0 fully saturated rings. The molecule has 116 valence electrons. The fourth-order valence-electron chi connectivity index (χ4n) is 2.59. The van der Waals surface area contributed by atoms with Gasteiger partial charge in [-0.05, 0) is 17.5 Å². The predicted octanol–water partition coefficient (Wildman–Crippen LogP) is 2.46. The Balaban J connectivity index is 1.93. The predicted molar refractivity (Wildman–Crippen MR) is 91.1 cm³/mol. The Labute approximate surface area is 133 Å². The van der Waals surface area contributed by atoms with Crippen LogP contribution in [0.15, 0.2) is 54.6 Å². The molecule has 0 radical (unpaired) electrons. The average Bonchev–Trinajstić information content (AvgIpc) is 2.48. The standard InChI is InChI=1S/C19H24N2O/c1-15(2)17-11-7-8-12-18(17)20-19(22)14-21(3)13-16-9-5-4-6-10-16/h4-12,15H,13-14H2,1-3H3,(H,20,22)/p+1. The van der Waals surface area contributed by atoms with Crippen LogP contribution in [-0.4, -0.2) is 19.5 Å². The normalized spacial score (nSPS) is 12.2. The maximum Gasteiger partial charge on any atom is 0.279 e. The van der Waals surface area contributed by atoms with Crippen molar-refractivity contribution in [2.75, 3.05) is 18.9 Å². The monoisotopic (exact) mass is 297 g/mol. The highest BCUT2D eigenvalue weighted by Gasteiger charge is 2.13. The molecule has 22 heavy (non-hydrogen) atoms. The lowest BCUT2D eigenvalue weighted by Gasteiger charge is -2.16. The number of hydrogen-bond donors (Lipinski definition) is 2. The second kappa shape index (κ2) is 7.76. The van der Waals surface area contributed by atoms with Crippen molar-refractivity contribution >= 4 is 11.6 Å². The lowest BCUT2D eigenvalue weighted by atomic mass is 10.0. The molecule has 0 aliphatic rings. The second-order valence-corrected chi connectivity index (χ2v) is 6.09. The molecule has 3 heteroatoms. The summed E-state index contributed by atoms with van der Waals surface area (Å²) >= 11 is 0. The molecule has 2 N–H and O–H groups in total. The zero-order valence-corrected chi connectivity index (χ0v) is 13.6. The lowest BCUT2D eigenvalue weighted by Crippen LogP contribution is -3.08. The van der Waals surface area contributed by atoms with E-state index in [1.165, 1.54) is 16.0 Å². The van der Waals surface area contributed by atoms with Gasteiger partial charge in [-0.1, -0.05) is 62.4 Å². The molecule has 0 aromatic heterocycles. The highest BCUT2D eigenvalue weighted by atomic mass is 16.2. The fourth-order valence-corrected chi connectivity index (χ4v) is 2.59. The minimum absolute atomic E-state index is 0.0570. The summed E-state index contributed by atoms with van der Waals surface area (Å²) in [6.45, 7) is 5.58. The van der Waals surface area contributed by atoms with Crippen LogP contribution in [0.4, 0.5) is 5.69 Å². The number of carbonyl (C=O) groups excluding carboxylic acids is 1. The number of quaternary nitrogens is 1. The van der Waals surface area contributed by atoms with E-state index < -0.39 is 0 Å². The third-order valence-electron chi connectivity index (χ3n) is 3.67. The highest BCUT2D eigenvalue weighted by Crippen LogP contribution is 2.23. The number of amides is 1. The Hall–Kier alpha value is -2.13. The van der Waals surface area contributed by atoms with Gasteiger partial charge in [-0.3, -0.25) is 4.79 Å². The van der Waals surface area contributed by atoms with Gasteiger partial charge in [0.2, 0.25) is 0 Å². The summed E-state index contributed by atoms with van der Waals surface area (Å²) in [6, 6.07) is 18.3. The molecule has 2 aromatic rings. The van der Waals surface area contributed by atoms with Crippen LogP contribution in [0.2, 0.25) is 0 Å². The van der Waals surface area contributed by atoms with Crippen molar-refractivity contribution in [1.29, 1.82) is 0 Å². The summed E-state index contributed by atoms with van der Waals surface area (Å²) in [5, 5.41) is 3.05. The quantitative estimate of drug-likeness (QED) is 0.844. The summed E-state index contributed by atoms with van der Waals surface area (Å²) in [5.41, 5.74) is 3.35. The molecular formula is C19H25N2O+. The minimum atomic E-state index is 0.0570. The first-order valence-corrected chi connectivity index (χ1v) is 7.80. The Morgan fingerprint density at radius 2 is 1.68 bits per heavy atom. The number of hydrogen-bond acceptors (Lipinski definition) is 1. The Morgan fingerprint density at radius 1 is 1.05 bits per heavy atom. The molecule has 1 atom stereocenters. The van der Waals surface area contributed by atoms with Gasteiger partial charge in [0.15, 0.2) is 6.54 Å². The summed E-state index contributed by atoms with van der Waals surface area (Å²) < 4.78 is 0. The molecule has 0 aliphatic carbocycles. The summed E-state index contributed by atoms with van der Waals surface area (Å²) in [7, 11) is 2.04. The van der Waals surface area contributed by atoms with Gasteiger partial charge in [0.25, 0.3) is 5.91 Å². The fraction of sp³-hybridized carbons (Fsp3) is 0.316. The maximum atomic E-state index is 12.3. The number of anilines is 1. The van der Waals surface area contributed by atoms with E-state index in [4.69, 9.17) is 0 Å². The van der Waals surface area contributed by atoms with Gasteiger partial charge in [0.1, 0.15) is 6.54 Å². The van der Waals surface area contributed by atoms with Crippen LogP contribution >= 0.6 is 0 Å². The molecule has 0 bridgehead atoms. The summed E-state index contributed by atoms with van der Waals surface area (Å²) in [4.78, 5) is 13.4. The van der Waals surface area contributed by atoms with Crippen molar-refractivity contribution in [2.24, 2.45) is 0 Å². The molecule has 1 unspecified atom stereocenters. The Bertz CT molecular complexity index is 608. The molecular weight excluding hydrogens is 272 g/mol. The van der Waals surface area contributed by atoms with E-state index in [-0.39, 0.29) is 5.91 Å². The largest absolute Gasteiger partial charge is 0.326 e. The molecule has 3 nitrogen and oxygen atoms in total. The van der Waals surface area contributed by atoms with Crippen LogP contribution in [0.1, 0.15) is 30.9 Å². The number of benzene rings is 2. The van der Waals surface area contributed by atoms with E-state index in [0.29, 0.717) is 12.5 Å². The van der Waals surface area contributed by atoms with Crippen molar-refractivity contribution in [3.8, 4) is 0 Å². The first-order valence-electron chi connectivity index (χ1n) is 7.80. The van der Waals surface area contributed by atoms with E-state index >= 15 is 0 Å². The number of rotatable bonds is 6. The number of nitrogens with one attached hydrogen (secondary N) is 2. The first-order chi connectivity index (χ1) is 10.6. The number of carbonyl (C=O) groups is 1. The van der Waals surface area contributed by atoms with Gasteiger partial charge in [-0.15, -0.1) is 0 Å². The van der Waals surface area contributed by atoms with E-state index in [9.17, 15) is 4.79 Å². The van der Waals surface area contributed by atoms with Gasteiger partial charge in [-0.2, -0.15) is 0 Å². The molecule has 0 saturated heterocycles. The summed E-state index contributed by atoms with van der Waals surface area (Å²) in [5.74, 6) is 0.451. The molecule has 2 aromatic carbocycles. The smallest absolute Gasteiger partial charge is 0.279 e. The number of likely N-dealkylation sites (N-methyl/N-ethyl adjacent to an activating group) is 1. The minimum Gasteiger partial charge on any atom is -0.326 e. The van der Waals surface area contributed by atoms with Gasteiger partial charge in [0, 0.05) is 11.3 Å². The highest BCUT2D eigenvalue weighted by molar-refractivity contribution is 5.92. The topological polar surface area (TPSA) is 33.5 Å². The van der Waals surface area contributed by atoms with Crippen LogP contribution in [-0.2, 0) is 11.3 Å². The molecule has 2 rings (SSSR count). The maximum absolute atomic E-state index is 12.3. The van der Waals surface area contributed by atoms with Crippen LogP contribution in [0.5, 0.6) is 0 Å². The van der Waals surface area contributed by atoms with Crippen molar-refractivity contribution < 1.29 is 9.69 Å². The van der Waals surface area contributed by atoms with Crippen molar-refractivity contribution in [3.63, 3.8) is 0 Å².